The number of halogens is 1. The number of nitrogens with one attached hydrogen (secondary N) is 2. The average Bonchev–Trinajstić information content (AvgIpc) is 2.41. The molecular formula is C11H12FN3O5S. The Kier molecular flexibility index (Phi) is 4.19. The lowest BCUT2D eigenvalue weighted by molar-refractivity contribution is -0.385. The fraction of sp³-hybridized carbons (Fsp3) is 0.364. The predicted molar refractivity (Wildman–Crippen MR) is 69.4 cm³/mol. The molecule has 2 rings (SSSR count). The second kappa shape index (κ2) is 5.74. The summed E-state index contributed by atoms with van der Waals surface area (Å²) in [6, 6.07) is 1.70. The van der Waals surface area contributed by atoms with Gasteiger partial charge in [-0.1, -0.05) is 0 Å². The Bertz CT molecular complexity index is 681. The van der Waals surface area contributed by atoms with E-state index >= 15 is 0 Å². The number of nitro groups is 1. The Morgan fingerprint density at radius 2 is 2.14 bits per heavy atom. The molecule has 1 heterocycles. The number of nitro benzene ring substituents is 1. The molecule has 1 unspecified atom stereocenters. The van der Waals surface area contributed by atoms with Crippen LogP contribution in [0.3, 0.4) is 0 Å². The molecule has 0 saturated carbocycles. The van der Waals surface area contributed by atoms with E-state index in [9.17, 15) is 27.7 Å². The fourth-order valence-electron chi connectivity index (χ4n) is 1.93. The third-order valence-electron chi connectivity index (χ3n) is 3.00. The molecule has 114 valence electrons. The Labute approximate surface area is 119 Å². The minimum absolute atomic E-state index is 0.0919. The maximum Gasteiger partial charge on any atom is 0.270 e. The van der Waals surface area contributed by atoms with Gasteiger partial charge in [0.15, 0.2) is 0 Å². The summed E-state index contributed by atoms with van der Waals surface area (Å²) in [7, 11) is -4.24. The summed E-state index contributed by atoms with van der Waals surface area (Å²) in [4.78, 5) is 20.0. The molecule has 0 radical (unpaired) electrons. The van der Waals surface area contributed by atoms with Crippen molar-refractivity contribution in [2.75, 3.05) is 6.54 Å². The molecule has 0 aliphatic carbocycles. The molecule has 1 aromatic rings. The molecule has 0 spiro atoms. The SMILES string of the molecule is O=C1CCC(NS(=O)(=O)c2cc([N+](=O)[O-])ccc2F)CN1. The zero-order valence-corrected chi connectivity index (χ0v) is 11.5. The number of amides is 1. The second-order valence-corrected chi connectivity index (χ2v) is 6.22. The van der Waals surface area contributed by atoms with Crippen LogP contribution in [0, 0.1) is 15.9 Å². The standard InChI is InChI=1S/C11H12FN3O5S/c12-9-3-2-8(15(17)18)5-10(9)21(19,20)14-7-1-4-11(16)13-6-7/h2-3,5,7,14H,1,4,6H2,(H,13,16). The number of nitrogens with zero attached hydrogens (tertiary/aromatic N) is 1. The van der Waals surface area contributed by atoms with Crippen molar-refractivity contribution >= 4 is 21.6 Å². The van der Waals surface area contributed by atoms with Crippen molar-refractivity contribution in [1.82, 2.24) is 10.0 Å². The Hall–Kier alpha value is -2.07. The number of hydrogen-bond acceptors (Lipinski definition) is 5. The van der Waals surface area contributed by atoms with Gasteiger partial charge in [0.25, 0.3) is 5.69 Å². The summed E-state index contributed by atoms with van der Waals surface area (Å²) in [6.07, 6.45) is 0.437. The highest BCUT2D eigenvalue weighted by atomic mass is 32.2. The van der Waals surface area contributed by atoms with E-state index in [2.05, 4.69) is 10.0 Å². The molecule has 0 bridgehead atoms. The van der Waals surface area contributed by atoms with Crippen LogP contribution in [0.25, 0.3) is 0 Å². The zero-order valence-electron chi connectivity index (χ0n) is 10.7. The summed E-state index contributed by atoms with van der Waals surface area (Å²) in [5, 5.41) is 13.1. The smallest absolute Gasteiger partial charge is 0.270 e. The van der Waals surface area contributed by atoms with Crippen molar-refractivity contribution in [3.8, 4) is 0 Å². The third-order valence-corrected chi connectivity index (χ3v) is 4.54. The summed E-state index contributed by atoms with van der Waals surface area (Å²) in [6.45, 7) is 0.0919. The molecule has 1 fully saturated rings. The Morgan fingerprint density at radius 1 is 1.43 bits per heavy atom. The van der Waals surface area contributed by atoms with Gasteiger partial charge in [-0.15, -0.1) is 0 Å². The van der Waals surface area contributed by atoms with Crippen molar-refractivity contribution in [3.63, 3.8) is 0 Å². The minimum atomic E-state index is -4.24. The molecule has 21 heavy (non-hydrogen) atoms. The van der Waals surface area contributed by atoms with E-state index < -0.39 is 37.4 Å². The zero-order chi connectivity index (χ0) is 15.6. The van der Waals surface area contributed by atoms with Gasteiger partial charge in [0.1, 0.15) is 10.7 Å². The van der Waals surface area contributed by atoms with Crippen molar-refractivity contribution in [3.05, 3.63) is 34.1 Å². The van der Waals surface area contributed by atoms with Crippen LogP contribution in [0.1, 0.15) is 12.8 Å². The van der Waals surface area contributed by atoms with E-state index in [1.807, 2.05) is 0 Å². The van der Waals surface area contributed by atoms with Crippen LogP contribution < -0.4 is 10.0 Å². The fourth-order valence-corrected chi connectivity index (χ4v) is 3.30. The van der Waals surface area contributed by atoms with Gasteiger partial charge < -0.3 is 5.32 Å². The average molecular weight is 317 g/mol. The van der Waals surface area contributed by atoms with E-state index in [4.69, 9.17) is 0 Å². The first kappa shape index (κ1) is 15.3. The van der Waals surface area contributed by atoms with Gasteiger partial charge >= 0.3 is 0 Å². The normalized spacial score (nSPS) is 19.1. The van der Waals surface area contributed by atoms with E-state index in [0.29, 0.717) is 6.07 Å². The maximum absolute atomic E-state index is 13.6. The van der Waals surface area contributed by atoms with Crippen molar-refractivity contribution in [1.29, 1.82) is 0 Å². The van der Waals surface area contributed by atoms with Crippen LogP contribution in [0.5, 0.6) is 0 Å². The molecular weight excluding hydrogens is 305 g/mol. The molecule has 1 amide bonds. The summed E-state index contributed by atoms with van der Waals surface area (Å²) >= 11 is 0. The van der Waals surface area contributed by atoms with Gasteiger partial charge in [0.05, 0.1) is 4.92 Å². The summed E-state index contributed by atoms with van der Waals surface area (Å²) in [5.74, 6) is -1.26. The number of non-ortho nitro benzene ring substituents is 1. The first-order chi connectivity index (χ1) is 9.79. The topological polar surface area (TPSA) is 118 Å². The molecule has 1 atom stereocenters. The quantitative estimate of drug-likeness (QED) is 0.611. The Morgan fingerprint density at radius 3 is 2.71 bits per heavy atom. The molecule has 1 saturated heterocycles. The molecule has 0 aromatic heterocycles. The van der Waals surface area contributed by atoms with Crippen molar-refractivity contribution in [2.45, 2.75) is 23.8 Å². The monoisotopic (exact) mass is 317 g/mol. The number of carbonyl (C=O) groups excluding carboxylic acids is 1. The van der Waals surface area contributed by atoms with Crippen molar-refractivity contribution < 1.29 is 22.5 Å². The number of hydrogen-bond donors (Lipinski definition) is 2. The Balaban J connectivity index is 2.25. The number of piperidine rings is 1. The number of rotatable bonds is 4. The van der Waals surface area contributed by atoms with Gasteiger partial charge in [-0.25, -0.2) is 17.5 Å². The first-order valence-corrected chi connectivity index (χ1v) is 7.51. The van der Waals surface area contributed by atoms with Gasteiger partial charge in [-0.05, 0) is 12.5 Å². The predicted octanol–water partition coefficient (Wildman–Crippen LogP) is 0.291. The number of benzene rings is 1. The largest absolute Gasteiger partial charge is 0.355 e. The lowest BCUT2D eigenvalue weighted by Gasteiger charge is -2.23. The third kappa shape index (κ3) is 3.52. The first-order valence-electron chi connectivity index (χ1n) is 6.02. The van der Waals surface area contributed by atoms with E-state index in [1.54, 1.807) is 0 Å². The second-order valence-electron chi connectivity index (χ2n) is 4.53. The molecule has 2 N–H and O–H groups in total. The molecule has 8 nitrogen and oxygen atoms in total. The number of carbonyl (C=O) groups is 1. The lowest BCUT2D eigenvalue weighted by Crippen LogP contribution is -2.47. The van der Waals surface area contributed by atoms with Crippen molar-refractivity contribution in [2.24, 2.45) is 0 Å². The van der Waals surface area contributed by atoms with E-state index in [1.165, 1.54) is 0 Å². The van der Waals surface area contributed by atoms with Crippen LogP contribution in [-0.2, 0) is 14.8 Å². The van der Waals surface area contributed by atoms with Gasteiger partial charge in [0.2, 0.25) is 15.9 Å². The highest BCUT2D eigenvalue weighted by molar-refractivity contribution is 7.89. The van der Waals surface area contributed by atoms with Gasteiger partial charge in [-0.2, -0.15) is 0 Å². The molecule has 1 aliphatic heterocycles. The van der Waals surface area contributed by atoms with Crippen LogP contribution in [0.2, 0.25) is 0 Å². The summed E-state index contributed by atoms with van der Waals surface area (Å²) < 4.78 is 40.0. The van der Waals surface area contributed by atoms with E-state index in [-0.39, 0.29) is 25.3 Å². The molecule has 1 aliphatic rings. The molecule has 10 heteroatoms. The van der Waals surface area contributed by atoms with Crippen LogP contribution in [0.4, 0.5) is 10.1 Å². The minimum Gasteiger partial charge on any atom is -0.355 e. The van der Waals surface area contributed by atoms with Crippen LogP contribution in [-0.4, -0.2) is 31.8 Å². The van der Waals surface area contributed by atoms with Crippen LogP contribution in [0.15, 0.2) is 23.1 Å². The highest BCUT2D eigenvalue weighted by Gasteiger charge is 2.27. The summed E-state index contributed by atoms with van der Waals surface area (Å²) in [5.41, 5.74) is -0.520. The highest BCUT2D eigenvalue weighted by Crippen LogP contribution is 2.21. The number of sulfonamides is 1. The van der Waals surface area contributed by atoms with Crippen LogP contribution >= 0.6 is 0 Å². The van der Waals surface area contributed by atoms with Gasteiger partial charge in [-0.3, -0.25) is 14.9 Å². The van der Waals surface area contributed by atoms with Gasteiger partial charge in [0, 0.05) is 31.1 Å². The molecule has 1 aromatic carbocycles. The lowest BCUT2D eigenvalue weighted by atomic mass is 10.1. The maximum atomic E-state index is 13.6. The van der Waals surface area contributed by atoms with E-state index in [0.717, 1.165) is 12.1 Å².